The molecule has 0 radical (unpaired) electrons. The number of ether oxygens (including phenoxy) is 1. The molecule has 0 saturated heterocycles. The van der Waals surface area contributed by atoms with E-state index in [-0.39, 0.29) is 17.7 Å². The zero-order valence-electron chi connectivity index (χ0n) is 9.72. The Morgan fingerprint density at radius 3 is 3.00 bits per heavy atom. The molecule has 0 aliphatic rings. The monoisotopic (exact) mass is 266 g/mol. The second-order valence-electron chi connectivity index (χ2n) is 3.55. The lowest BCUT2D eigenvalue weighted by atomic mass is 10.2. The van der Waals surface area contributed by atoms with Gasteiger partial charge in [-0.25, -0.2) is 9.97 Å². The molecule has 18 heavy (non-hydrogen) atoms. The van der Waals surface area contributed by atoms with Gasteiger partial charge in [-0.15, -0.1) is 0 Å². The van der Waals surface area contributed by atoms with E-state index >= 15 is 0 Å². The second kappa shape index (κ2) is 5.64. The van der Waals surface area contributed by atoms with Gasteiger partial charge in [0.25, 0.3) is 0 Å². The Hall–Kier alpha value is -1.88. The van der Waals surface area contributed by atoms with Crippen molar-refractivity contribution < 1.29 is 13.9 Å². The molecule has 0 aliphatic heterocycles. The van der Waals surface area contributed by atoms with Crippen molar-refractivity contribution in [1.82, 2.24) is 9.97 Å². The molecule has 2 aromatic heterocycles. The number of esters is 1. The SMILES string of the molecule is COC(=O)CCc1ccc(-c2ccnc(Cl)n2)o1. The molecule has 5 nitrogen and oxygen atoms in total. The predicted molar refractivity (Wildman–Crippen MR) is 65.1 cm³/mol. The molecule has 0 amide bonds. The number of carbonyl (C=O) groups excluding carboxylic acids is 1. The fourth-order valence-corrected chi connectivity index (χ4v) is 1.60. The molecule has 0 aliphatic carbocycles. The van der Waals surface area contributed by atoms with Crippen LogP contribution in [0.3, 0.4) is 0 Å². The maximum atomic E-state index is 11.0. The summed E-state index contributed by atoms with van der Waals surface area (Å²) in [7, 11) is 1.36. The van der Waals surface area contributed by atoms with Gasteiger partial charge >= 0.3 is 5.97 Å². The van der Waals surface area contributed by atoms with Crippen LogP contribution in [0.4, 0.5) is 0 Å². The molecular formula is C12H11ClN2O3. The average Bonchev–Trinajstić information content (AvgIpc) is 2.84. The van der Waals surface area contributed by atoms with Crippen LogP contribution in [0.5, 0.6) is 0 Å². The molecule has 6 heteroatoms. The third-order valence-corrected chi connectivity index (χ3v) is 2.53. The Labute approximate surface area is 109 Å². The van der Waals surface area contributed by atoms with Crippen molar-refractivity contribution in [2.45, 2.75) is 12.8 Å². The molecule has 0 spiro atoms. The number of aryl methyl sites for hydroxylation is 1. The van der Waals surface area contributed by atoms with Gasteiger partial charge in [0.2, 0.25) is 5.28 Å². The first-order chi connectivity index (χ1) is 8.69. The van der Waals surface area contributed by atoms with Crippen LogP contribution in [0.25, 0.3) is 11.5 Å². The highest BCUT2D eigenvalue weighted by molar-refractivity contribution is 6.28. The van der Waals surface area contributed by atoms with Crippen LogP contribution in [0.2, 0.25) is 5.28 Å². The van der Waals surface area contributed by atoms with Gasteiger partial charge < -0.3 is 9.15 Å². The summed E-state index contributed by atoms with van der Waals surface area (Å²) in [5.41, 5.74) is 0.610. The number of halogens is 1. The van der Waals surface area contributed by atoms with Crippen molar-refractivity contribution in [2.75, 3.05) is 7.11 Å². The van der Waals surface area contributed by atoms with Crippen molar-refractivity contribution in [3.8, 4) is 11.5 Å². The van der Waals surface area contributed by atoms with E-state index in [0.29, 0.717) is 23.6 Å². The fraction of sp³-hybridized carbons (Fsp3) is 0.250. The molecule has 2 heterocycles. The number of hydrogen-bond acceptors (Lipinski definition) is 5. The zero-order valence-corrected chi connectivity index (χ0v) is 10.5. The summed E-state index contributed by atoms with van der Waals surface area (Å²) in [6.45, 7) is 0. The summed E-state index contributed by atoms with van der Waals surface area (Å²) in [5.74, 6) is 1.03. The molecule has 0 atom stereocenters. The third-order valence-electron chi connectivity index (χ3n) is 2.34. The Kier molecular flexibility index (Phi) is 3.94. The van der Waals surface area contributed by atoms with E-state index in [0.717, 1.165) is 0 Å². The first-order valence-electron chi connectivity index (χ1n) is 5.33. The van der Waals surface area contributed by atoms with Gasteiger partial charge in [0.1, 0.15) is 11.5 Å². The van der Waals surface area contributed by atoms with E-state index in [2.05, 4.69) is 14.7 Å². The van der Waals surface area contributed by atoms with E-state index in [4.69, 9.17) is 16.0 Å². The van der Waals surface area contributed by atoms with Gasteiger partial charge in [0.05, 0.1) is 13.5 Å². The molecule has 0 fully saturated rings. The summed E-state index contributed by atoms with van der Waals surface area (Å²) >= 11 is 5.70. The number of hydrogen-bond donors (Lipinski definition) is 0. The van der Waals surface area contributed by atoms with E-state index < -0.39 is 0 Å². The lowest BCUT2D eigenvalue weighted by molar-refractivity contribution is -0.140. The number of furan rings is 1. The van der Waals surface area contributed by atoms with Crippen LogP contribution in [-0.2, 0) is 16.0 Å². The summed E-state index contributed by atoms with van der Waals surface area (Å²) < 4.78 is 10.1. The second-order valence-corrected chi connectivity index (χ2v) is 3.89. The molecule has 2 aromatic rings. The molecule has 0 N–H and O–H groups in total. The van der Waals surface area contributed by atoms with Gasteiger partial charge in [-0.05, 0) is 29.8 Å². The van der Waals surface area contributed by atoms with Gasteiger partial charge in [0.15, 0.2) is 5.76 Å². The van der Waals surface area contributed by atoms with E-state index in [1.54, 1.807) is 24.4 Å². The lowest BCUT2D eigenvalue weighted by Gasteiger charge is -1.98. The Morgan fingerprint density at radius 2 is 2.28 bits per heavy atom. The Balaban J connectivity index is 2.08. The topological polar surface area (TPSA) is 65.2 Å². The van der Waals surface area contributed by atoms with Crippen molar-refractivity contribution >= 4 is 17.6 Å². The minimum Gasteiger partial charge on any atom is -0.469 e. The standard InChI is InChI=1S/C12H11ClN2O3/c1-17-11(16)5-3-8-2-4-10(18-8)9-6-7-14-12(13)15-9/h2,4,6-7H,3,5H2,1H3. The van der Waals surface area contributed by atoms with Crippen LogP contribution < -0.4 is 0 Å². The first kappa shape index (κ1) is 12.6. The van der Waals surface area contributed by atoms with E-state index in [1.807, 2.05) is 0 Å². The molecule has 0 saturated carbocycles. The molecule has 0 bridgehead atoms. The summed E-state index contributed by atoms with van der Waals surface area (Å²) in [6, 6.07) is 5.29. The van der Waals surface area contributed by atoms with Crippen molar-refractivity contribution in [3.63, 3.8) is 0 Å². The van der Waals surface area contributed by atoms with Crippen LogP contribution in [0.1, 0.15) is 12.2 Å². The summed E-state index contributed by atoms with van der Waals surface area (Å²) in [6.07, 6.45) is 2.33. The van der Waals surface area contributed by atoms with Crippen LogP contribution in [-0.4, -0.2) is 23.0 Å². The van der Waals surface area contributed by atoms with Gasteiger partial charge in [0, 0.05) is 12.6 Å². The van der Waals surface area contributed by atoms with Crippen molar-refractivity contribution in [1.29, 1.82) is 0 Å². The van der Waals surface area contributed by atoms with E-state index in [9.17, 15) is 4.79 Å². The number of nitrogens with zero attached hydrogens (tertiary/aromatic N) is 2. The number of rotatable bonds is 4. The van der Waals surface area contributed by atoms with Crippen LogP contribution in [0.15, 0.2) is 28.8 Å². The minimum absolute atomic E-state index is 0.167. The Bertz CT molecular complexity index is 554. The first-order valence-corrected chi connectivity index (χ1v) is 5.71. The number of aromatic nitrogens is 2. The molecule has 2 rings (SSSR count). The van der Waals surface area contributed by atoms with Crippen LogP contribution in [0, 0.1) is 0 Å². The fourth-order valence-electron chi connectivity index (χ4n) is 1.45. The average molecular weight is 267 g/mol. The largest absolute Gasteiger partial charge is 0.469 e. The number of methoxy groups -OCH3 is 1. The maximum absolute atomic E-state index is 11.0. The van der Waals surface area contributed by atoms with Crippen LogP contribution >= 0.6 is 11.6 Å². The predicted octanol–water partition coefficient (Wildman–Crippen LogP) is 2.50. The van der Waals surface area contributed by atoms with Crippen molar-refractivity contribution in [2.24, 2.45) is 0 Å². The maximum Gasteiger partial charge on any atom is 0.305 e. The third kappa shape index (κ3) is 3.07. The van der Waals surface area contributed by atoms with Gasteiger partial charge in [-0.1, -0.05) is 0 Å². The molecule has 0 unspecified atom stereocenters. The number of carbonyl (C=O) groups is 1. The Morgan fingerprint density at radius 1 is 1.44 bits per heavy atom. The smallest absolute Gasteiger partial charge is 0.305 e. The normalized spacial score (nSPS) is 10.3. The molecule has 0 aromatic carbocycles. The quantitative estimate of drug-likeness (QED) is 0.628. The molecular weight excluding hydrogens is 256 g/mol. The molecule has 94 valence electrons. The summed E-state index contributed by atoms with van der Waals surface area (Å²) in [4.78, 5) is 18.8. The van der Waals surface area contributed by atoms with Crippen molar-refractivity contribution in [3.05, 3.63) is 35.4 Å². The highest BCUT2D eigenvalue weighted by Gasteiger charge is 2.08. The highest BCUT2D eigenvalue weighted by Crippen LogP contribution is 2.21. The lowest BCUT2D eigenvalue weighted by Crippen LogP contribution is -2.01. The highest BCUT2D eigenvalue weighted by atomic mass is 35.5. The zero-order chi connectivity index (χ0) is 13.0. The van der Waals surface area contributed by atoms with E-state index in [1.165, 1.54) is 7.11 Å². The summed E-state index contributed by atoms with van der Waals surface area (Å²) in [5, 5.41) is 0.167. The van der Waals surface area contributed by atoms with Gasteiger partial charge in [-0.3, -0.25) is 4.79 Å². The minimum atomic E-state index is -0.266. The van der Waals surface area contributed by atoms with Gasteiger partial charge in [-0.2, -0.15) is 0 Å².